The van der Waals surface area contributed by atoms with Crippen molar-refractivity contribution in [2.45, 2.75) is 19.9 Å². The Morgan fingerprint density at radius 2 is 1.86 bits per heavy atom. The van der Waals surface area contributed by atoms with E-state index in [1.54, 1.807) is 62.4 Å². The Hall–Kier alpha value is -3.20. The molecular formula is C25H20Cl2N2O5S. The van der Waals surface area contributed by atoms with Crippen LogP contribution in [0.3, 0.4) is 0 Å². The van der Waals surface area contributed by atoms with Crippen LogP contribution in [0, 0.1) is 0 Å². The van der Waals surface area contributed by atoms with Crippen molar-refractivity contribution in [3.8, 4) is 0 Å². The fraction of sp³-hybridized carbons (Fsp3) is 0.200. The van der Waals surface area contributed by atoms with Gasteiger partial charge in [-0.25, -0.2) is 14.6 Å². The van der Waals surface area contributed by atoms with Gasteiger partial charge in [-0.05, 0) is 55.3 Å². The Morgan fingerprint density at radius 1 is 1.14 bits per heavy atom. The van der Waals surface area contributed by atoms with Crippen LogP contribution in [-0.4, -0.2) is 30.2 Å². The van der Waals surface area contributed by atoms with E-state index in [9.17, 15) is 14.4 Å². The Kier molecular flexibility index (Phi) is 7.25. The summed E-state index contributed by atoms with van der Waals surface area (Å²) < 4.78 is 11.9. The second-order valence-corrected chi connectivity index (χ2v) is 9.43. The van der Waals surface area contributed by atoms with Crippen molar-refractivity contribution in [3.05, 3.63) is 100 Å². The number of hydrogen-bond donors (Lipinski definition) is 0. The van der Waals surface area contributed by atoms with E-state index in [2.05, 4.69) is 4.99 Å². The lowest BCUT2D eigenvalue weighted by Crippen LogP contribution is -2.40. The Morgan fingerprint density at radius 3 is 2.49 bits per heavy atom. The molecule has 0 N–H and O–H groups in total. The molecule has 0 aliphatic carbocycles. The fourth-order valence-electron chi connectivity index (χ4n) is 3.79. The summed E-state index contributed by atoms with van der Waals surface area (Å²) in [5.74, 6) is -1.05. The highest BCUT2D eigenvalue weighted by Crippen LogP contribution is 2.31. The molecule has 2 aromatic carbocycles. The lowest BCUT2D eigenvalue weighted by Gasteiger charge is -2.24. The summed E-state index contributed by atoms with van der Waals surface area (Å²) in [6.07, 6.45) is 1.67. The number of ether oxygens (including phenoxy) is 2. The number of aromatic nitrogens is 1. The summed E-state index contributed by atoms with van der Waals surface area (Å²) in [5.41, 5.74) is 1.95. The third-order valence-electron chi connectivity index (χ3n) is 5.41. The minimum Gasteiger partial charge on any atom is -0.465 e. The van der Waals surface area contributed by atoms with Crippen LogP contribution in [0.2, 0.25) is 10.0 Å². The molecule has 1 aromatic heterocycles. The fourth-order valence-corrected chi connectivity index (χ4v) is 5.29. The van der Waals surface area contributed by atoms with Crippen LogP contribution in [0.15, 0.2) is 63.5 Å². The topological polar surface area (TPSA) is 87.0 Å². The number of esters is 2. The average Bonchev–Trinajstić information content (AvgIpc) is 3.14. The summed E-state index contributed by atoms with van der Waals surface area (Å²) in [6.45, 7) is 3.58. The van der Waals surface area contributed by atoms with E-state index in [0.717, 1.165) is 0 Å². The normalized spacial score (nSPS) is 15.5. The predicted molar refractivity (Wildman–Crippen MR) is 135 cm³/mol. The molecule has 0 saturated carbocycles. The average molecular weight is 531 g/mol. The molecule has 7 nitrogen and oxygen atoms in total. The maximum atomic E-state index is 13.6. The van der Waals surface area contributed by atoms with Gasteiger partial charge < -0.3 is 9.47 Å². The highest BCUT2D eigenvalue weighted by Gasteiger charge is 2.33. The number of fused-ring (bicyclic) bond motifs is 1. The first-order chi connectivity index (χ1) is 16.7. The van der Waals surface area contributed by atoms with Crippen molar-refractivity contribution >= 4 is 52.6 Å². The van der Waals surface area contributed by atoms with E-state index in [4.69, 9.17) is 32.7 Å². The molecule has 0 fully saturated rings. The number of halogens is 2. The van der Waals surface area contributed by atoms with Crippen LogP contribution in [0.5, 0.6) is 0 Å². The van der Waals surface area contributed by atoms with E-state index in [0.29, 0.717) is 41.8 Å². The van der Waals surface area contributed by atoms with Crippen LogP contribution in [0.4, 0.5) is 0 Å². The van der Waals surface area contributed by atoms with Gasteiger partial charge in [0.05, 0.1) is 41.1 Å². The van der Waals surface area contributed by atoms with Gasteiger partial charge in [-0.1, -0.05) is 52.7 Å². The minimum absolute atomic E-state index is 0.170. The number of carbonyl (C=O) groups is 2. The maximum Gasteiger partial charge on any atom is 0.338 e. The SMILES string of the molecule is CCOC(=O)C1=C(C)N=c2sc(=Cc3ccc(Cl)cc3Cl)c(=O)n2C1c1ccc(C(=O)OC)cc1. The molecule has 0 amide bonds. The highest BCUT2D eigenvalue weighted by atomic mass is 35.5. The molecular weight excluding hydrogens is 511 g/mol. The second-order valence-electron chi connectivity index (χ2n) is 7.58. The number of thiazole rings is 1. The van der Waals surface area contributed by atoms with Crippen LogP contribution >= 0.6 is 34.5 Å². The molecule has 0 bridgehead atoms. The molecule has 10 heteroatoms. The molecule has 0 spiro atoms. The smallest absolute Gasteiger partial charge is 0.338 e. The highest BCUT2D eigenvalue weighted by molar-refractivity contribution is 7.07. The third kappa shape index (κ3) is 4.82. The van der Waals surface area contributed by atoms with Gasteiger partial charge in [-0.3, -0.25) is 9.36 Å². The van der Waals surface area contributed by atoms with Crippen LogP contribution in [-0.2, 0) is 14.3 Å². The second kappa shape index (κ2) is 10.2. The zero-order valence-electron chi connectivity index (χ0n) is 19.0. The molecule has 3 aromatic rings. The van der Waals surface area contributed by atoms with Crippen molar-refractivity contribution in [3.63, 3.8) is 0 Å². The molecule has 180 valence electrons. The first-order valence-electron chi connectivity index (χ1n) is 10.6. The standard InChI is InChI=1S/C25H20Cl2N2O5S/c1-4-34-24(32)20-13(2)28-25-29(21(20)14-5-7-15(8-6-14)23(31)33-3)22(30)19(35-25)11-16-9-10-17(26)12-18(16)27/h5-12,21H,4H2,1-3H3. The van der Waals surface area contributed by atoms with Crippen molar-refractivity contribution in [1.29, 1.82) is 0 Å². The lowest BCUT2D eigenvalue weighted by molar-refractivity contribution is -0.139. The lowest BCUT2D eigenvalue weighted by atomic mass is 9.95. The Balaban J connectivity index is 1.93. The van der Waals surface area contributed by atoms with E-state index >= 15 is 0 Å². The summed E-state index contributed by atoms with van der Waals surface area (Å²) in [7, 11) is 1.30. The zero-order valence-corrected chi connectivity index (χ0v) is 21.3. The monoisotopic (exact) mass is 530 g/mol. The number of nitrogens with zero attached hydrogens (tertiary/aromatic N) is 2. The van der Waals surface area contributed by atoms with E-state index in [1.165, 1.54) is 23.0 Å². The first-order valence-corrected chi connectivity index (χ1v) is 12.2. The van der Waals surface area contributed by atoms with E-state index < -0.39 is 18.0 Å². The number of rotatable bonds is 5. The third-order valence-corrected chi connectivity index (χ3v) is 6.96. The van der Waals surface area contributed by atoms with Gasteiger partial charge in [-0.2, -0.15) is 0 Å². The number of benzene rings is 2. The molecule has 1 aliphatic rings. The first kappa shape index (κ1) is 24.9. The largest absolute Gasteiger partial charge is 0.465 e. The van der Waals surface area contributed by atoms with Gasteiger partial charge in [0.25, 0.3) is 5.56 Å². The molecule has 0 radical (unpaired) electrons. The maximum absolute atomic E-state index is 13.6. The minimum atomic E-state index is -0.792. The van der Waals surface area contributed by atoms with Gasteiger partial charge in [0.2, 0.25) is 0 Å². The molecule has 2 heterocycles. The summed E-state index contributed by atoms with van der Waals surface area (Å²) >= 11 is 13.5. The number of allylic oxidation sites excluding steroid dienone is 1. The van der Waals surface area contributed by atoms with Gasteiger partial charge in [0, 0.05) is 10.0 Å². The number of carbonyl (C=O) groups excluding carboxylic acids is 2. The molecule has 35 heavy (non-hydrogen) atoms. The van der Waals surface area contributed by atoms with Crippen LogP contribution < -0.4 is 14.9 Å². The molecule has 4 rings (SSSR count). The van der Waals surface area contributed by atoms with E-state index in [-0.39, 0.29) is 17.7 Å². The summed E-state index contributed by atoms with van der Waals surface area (Å²) in [6, 6.07) is 10.8. The van der Waals surface area contributed by atoms with Crippen molar-refractivity contribution < 1.29 is 19.1 Å². The number of hydrogen-bond acceptors (Lipinski definition) is 7. The zero-order chi connectivity index (χ0) is 25.3. The van der Waals surface area contributed by atoms with Crippen molar-refractivity contribution in [2.75, 3.05) is 13.7 Å². The van der Waals surface area contributed by atoms with Crippen molar-refractivity contribution in [1.82, 2.24) is 4.57 Å². The van der Waals surface area contributed by atoms with Gasteiger partial charge in [0.1, 0.15) is 0 Å². The molecule has 1 unspecified atom stereocenters. The predicted octanol–water partition coefficient (Wildman–Crippen LogP) is 3.89. The van der Waals surface area contributed by atoms with Gasteiger partial charge >= 0.3 is 11.9 Å². The molecule has 1 aliphatic heterocycles. The van der Waals surface area contributed by atoms with Crippen LogP contribution in [0.1, 0.15) is 41.4 Å². The quantitative estimate of drug-likeness (QED) is 0.467. The van der Waals surface area contributed by atoms with Gasteiger partial charge in [0.15, 0.2) is 4.80 Å². The van der Waals surface area contributed by atoms with Crippen LogP contribution in [0.25, 0.3) is 6.08 Å². The Bertz CT molecular complexity index is 1540. The Labute approximate surface area is 214 Å². The number of methoxy groups -OCH3 is 1. The molecule has 1 atom stereocenters. The summed E-state index contributed by atoms with van der Waals surface area (Å²) in [5, 5.41) is 0.889. The molecule has 0 saturated heterocycles. The summed E-state index contributed by atoms with van der Waals surface area (Å²) in [4.78, 5) is 43.4. The van der Waals surface area contributed by atoms with E-state index in [1.807, 2.05) is 0 Å². The van der Waals surface area contributed by atoms with Crippen molar-refractivity contribution in [2.24, 2.45) is 4.99 Å². The van der Waals surface area contributed by atoms with Gasteiger partial charge in [-0.15, -0.1) is 0 Å².